The fourth-order valence-corrected chi connectivity index (χ4v) is 1.91. The van der Waals surface area contributed by atoms with Crippen LogP contribution >= 0.6 is 0 Å². The first-order valence-corrected chi connectivity index (χ1v) is 5.31. The number of rotatable bonds is 2. The Hall–Kier alpha value is -2.01. The van der Waals surface area contributed by atoms with E-state index in [9.17, 15) is 0 Å². The molecule has 0 aliphatic rings. The second-order valence-corrected chi connectivity index (χ2v) is 3.90. The SMILES string of the molecule is Cc1c(CC#N)cc(-c2ccccc2)n1C. The maximum atomic E-state index is 8.76. The molecule has 0 amide bonds. The lowest BCUT2D eigenvalue weighted by Crippen LogP contribution is -1.94. The zero-order valence-electron chi connectivity index (χ0n) is 9.57. The van der Waals surface area contributed by atoms with Crippen LogP contribution in [0.1, 0.15) is 11.3 Å². The van der Waals surface area contributed by atoms with Crippen molar-refractivity contribution in [2.45, 2.75) is 13.3 Å². The number of aromatic nitrogens is 1. The lowest BCUT2D eigenvalue weighted by molar-refractivity contribution is 0.882. The molecule has 0 N–H and O–H groups in total. The van der Waals surface area contributed by atoms with E-state index in [4.69, 9.17) is 5.26 Å². The van der Waals surface area contributed by atoms with Crippen LogP contribution in [0.4, 0.5) is 0 Å². The van der Waals surface area contributed by atoms with Crippen LogP contribution in [0.25, 0.3) is 11.3 Å². The van der Waals surface area contributed by atoms with Gasteiger partial charge in [0.15, 0.2) is 0 Å². The Bertz CT molecular complexity index is 530. The lowest BCUT2D eigenvalue weighted by atomic mass is 10.1. The average molecular weight is 210 g/mol. The normalized spacial score (nSPS) is 10.1. The van der Waals surface area contributed by atoms with Gasteiger partial charge in [0.2, 0.25) is 0 Å². The predicted octanol–water partition coefficient (Wildman–Crippen LogP) is 3.07. The number of benzene rings is 1. The summed E-state index contributed by atoms with van der Waals surface area (Å²) >= 11 is 0. The van der Waals surface area contributed by atoms with Crippen LogP contribution in [0.15, 0.2) is 36.4 Å². The summed E-state index contributed by atoms with van der Waals surface area (Å²) in [6.45, 7) is 2.05. The van der Waals surface area contributed by atoms with Gasteiger partial charge in [-0.25, -0.2) is 0 Å². The lowest BCUT2D eigenvalue weighted by Gasteiger charge is -2.04. The Labute approximate surface area is 95.8 Å². The third-order valence-corrected chi connectivity index (χ3v) is 2.98. The van der Waals surface area contributed by atoms with Gasteiger partial charge in [-0.1, -0.05) is 30.3 Å². The van der Waals surface area contributed by atoms with Gasteiger partial charge in [-0.2, -0.15) is 5.26 Å². The maximum Gasteiger partial charge on any atom is 0.0670 e. The standard InChI is InChI=1S/C14H14N2/c1-11-13(8-9-15)10-14(16(11)2)12-6-4-3-5-7-12/h3-7,10H,8H2,1-2H3. The predicted molar refractivity (Wildman–Crippen MR) is 64.9 cm³/mol. The average Bonchev–Trinajstić information content (AvgIpc) is 2.59. The Balaban J connectivity index is 2.52. The molecule has 0 saturated heterocycles. The van der Waals surface area contributed by atoms with Crippen LogP contribution in [-0.2, 0) is 13.5 Å². The summed E-state index contributed by atoms with van der Waals surface area (Å²) in [5.74, 6) is 0. The van der Waals surface area contributed by atoms with E-state index in [1.807, 2.05) is 25.2 Å². The van der Waals surface area contributed by atoms with Crippen molar-refractivity contribution in [3.8, 4) is 17.3 Å². The van der Waals surface area contributed by atoms with E-state index in [1.165, 1.54) is 17.0 Å². The van der Waals surface area contributed by atoms with Crippen molar-refractivity contribution in [1.82, 2.24) is 4.57 Å². The first-order valence-electron chi connectivity index (χ1n) is 5.31. The number of hydrogen-bond donors (Lipinski definition) is 0. The van der Waals surface area contributed by atoms with Crippen molar-refractivity contribution in [2.75, 3.05) is 0 Å². The number of nitrogens with zero attached hydrogens (tertiary/aromatic N) is 2. The van der Waals surface area contributed by atoms with Gasteiger partial charge in [0.25, 0.3) is 0 Å². The van der Waals surface area contributed by atoms with E-state index < -0.39 is 0 Å². The molecule has 0 spiro atoms. The smallest absolute Gasteiger partial charge is 0.0670 e. The van der Waals surface area contributed by atoms with Crippen LogP contribution < -0.4 is 0 Å². The molecule has 2 rings (SSSR count). The molecule has 1 aromatic carbocycles. The van der Waals surface area contributed by atoms with E-state index in [1.54, 1.807) is 0 Å². The van der Waals surface area contributed by atoms with Gasteiger partial charge in [-0.05, 0) is 24.1 Å². The van der Waals surface area contributed by atoms with Gasteiger partial charge < -0.3 is 4.57 Å². The molecule has 0 saturated carbocycles. The van der Waals surface area contributed by atoms with E-state index >= 15 is 0 Å². The van der Waals surface area contributed by atoms with E-state index in [2.05, 4.69) is 35.8 Å². The Morgan fingerprint density at radius 2 is 1.94 bits per heavy atom. The van der Waals surface area contributed by atoms with Crippen molar-refractivity contribution in [2.24, 2.45) is 7.05 Å². The highest BCUT2D eigenvalue weighted by Gasteiger charge is 2.09. The molecule has 2 aromatic rings. The molecule has 1 aromatic heterocycles. The van der Waals surface area contributed by atoms with E-state index in [0.717, 1.165) is 5.56 Å². The Morgan fingerprint density at radius 1 is 1.25 bits per heavy atom. The highest BCUT2D eigenvalue weighted by molar-refractivity contribution is 5.62. The topological polar surface area (TPSA) is 28.7 Å². The fraction of sp³-hybridized carbons (Fsp3) is 0.214. The van der Waals surface area contributed by atoms with Crippen molar-refractivity contribution in [1.29, 1.82) is 5.26 Å². The molecule has 0 atom stereocenters. The zero-order chi connectivity index (χ0) is 11.5. The summed E-state index contributed by atoms with van der Waals surface area (Å²) in [4.78, 5) is 0. The molecule has 0 bridgehead atoms. The highest BCUT2D eigenvalue weighted by atomic mass is 15.0. The first kappa shape index (κ1) is 10.5. The quantitative estimate of drug-likeness (QED) is 0.748. The van der Waals surface area contributed by atoms with Crippen molar-refractivity contribution in [3.63, 3.8) is 0 Å². The minimum atomic E-state index is 0.479. The summed E-state index contributed by atoms with van der Waals surface area (Å²) in [6, 6.07) is 14.6. The van der Waals surface area contributed by atoms with Crippen LogP contribution in [0.3, 0.4) is 0 Å². The molecule has 2 nitrogen and oxygen atoms in total. The minimum absolute atomic E-state index is 0.479. The van der Waals surface area contributed by atoms with E-state index in [-0.39, 0.29) is 0 Å². The summed E-state index contributed by atoms with van der Waals surface area (Å²) in [5, 5.41) is 8.76. The third kappa shape index (κ3) is 1.72. The zero-order valence-corrected chi connectivity index (χ0v) is 9.57. The second-order valence-electron chi connectivity index (χ2n) is 3.90. The van der Waals surface area contributed by atoms with Crippen LogP contribution in [0.5, 0.6) is 0 Å². The molecular weight excluding hydrogens is 196 g/mol. The Kier molecular flexibility index (Phi) is 2.78. The highest BCUT2D eigenvalue weighted by Crippen LogP contribution is 2.24. The Morgan fingerprint density at radius 3 is 2.56 bits per heavy atom. The molecule has 0 radical (unpaired) electrons. The van der Waals surface area contributed by atoms with Crippen LogP contribution in [0, 0.1) is 18.3 Å². The molecular formula is C14H14N2. The number of nitriles is 1. The largest absolute Gasteiger partial charge is 0.348 e. The fourth-order valence-electron chi connectivity index (χ4n) is 1.91. The van der Waals surface area contributed by atoms with Crippen molar-refractivity contribution in [3.05, 3.63) is 47.7 Å². The molecule has 0 unspecified atom stereocenters. The van der Waals surface area contributed by atoms with Gasteiger partial charge in [0, 0.05) is 18.4 Å². The second kappa shape index (κ2) is 4.24. The maximum absolute atomic E-state index is 8.76. The van der Waals surface area contributed by atoms with Crippen molar-refractivity contribution >= 4 is 0 Å². The van der Waals surface area contributed by atoms with E-state index in [0.29, 0.717) is 6.42 Å². The summed E-state index contributed by atoms with van der Waals surface area (Å²) in [5.41, 5.74) is 4.64. The van der Waals surface area contributed by atoms with Crippen molar-refractivity contribution < 1.29 is 0 Å². The summed E-state index contributed by atoms with van der Waals surface area (Å²) in [6.07, 6.45) is 0.479. The third-order valence-electron chi connectivity index (χ3n) is 2.98. The van der Waals surface area contributed by atoms with Gasteiger partial charge in [0.05, 0.1) is 12.5 Å². The molecule has 0 aliphatic heterocycles. The molecule has 1 heterocycles. The van der Waals surface area contributed by atoms with Gasteiger partial charge in [-0.3, -0.25) is 0 Å². The molecule has 0 fully saturated rings. The van der Waals surface area contributed by atoms with Gasteiger partial charge >= 0.3 is 0 Å². The molecule has 80 valence electrons. The minimum Gasteiger partial charge on any atom is -0.348 e. The van der Waals surface area contributed by atoms with Crippen LogP contribution in [0.2, 0.25) is 0 Å². The monoisotopic (exact) mass is 210 g/mol. The summed E-state index contributed by atoms with van der Waals surface area (Å²) in [7, 11) is 2.04. The molecule has 16 heavy (non-hydrogen) atoms. The molecule has 2 heteroatoms. The van der Waals surface area contributed by atoms with Gasteiger partial charge in [-0.15, -0.1) is 0 Å². The van der Waals surface area contributed by atoms with Gasteiger partial charge in [0.1, 0.15) is 0 Å². The number of hydrogen-bond acceptors (Lipinski definition) is 1. The summed E-state index contributed by atoms with van der Waals surface area (Å²) < 4.78 is 2.14. The van der Waals surface area contributed by atoms with Crippen LogP contribution in [-0.4, -0.2) is 4.57 Å². The molecule has 0 aliphatic carbocycles. The first-order chi connectivity index (χ1) is 7.74.